The van der Waals surface area contributed by atoms with E-state index in [0.29, 0.717) is 17.1 Å². The van der Waals surface area contributed by atoms with Gasteiger partial charge in [-0.2, -0.15) is 5.10 Å². The van der Waals surface area contributed by atoms with Crippen molar-refractivity contribution < 1.29 is 13.5 Å². The first-order valence-corrected chi connectivity index (χ1v) is 6.20. The molecule has 0 saturated carbocycles. The van der Waals surface area contributed by atoms with Gasteiger partial charge in [-0.05, 0) is 24.3 Å². The topological polar surface area (TPSA) is 39.9 Å². The average molecular weight is 287 g/mol. The third kappa shape index (κ3) is 2.47. The van der Waals surface area contributed by atoms with Crippen LogP contribution in [0.5, 0.6) is 5.75 Å². The Morgan fingerprint density at radius 3 is 2.67 bits per heavy atom. The van der Waals surface area contributed by atoms with Crippen LogP contribution in [0, 0.1) is 11.6 Å². The van der Waals surface area contributed by atoms with Gasteiger partial charge in [0.2, 0.25) is 0 Å². The van der Waals surface area contributed by atoms with Crippen LogP contribution >= 0.6 is 0 Å². The van der Waals surface area contributed by atoms with Crippen LogP contribution in [-0.4, -0.2) is 22.1 Å². The zero-order valence-corrected chi connectivity index (χ0v) is 11.1. The maximum atomic E-state index is 13.8. The first-order valence-electron chi connectivity index (χ1n) is 6.20. The van der Waals surface area contributed by atoms with E-state index in [1.54, 1.807) is 19.2 Å². The number of methoxy groups -OCH3 is 1. The molecule has 0 unspecified atom stereocenters. The van der Waals surface area contributed by atoms with Crippen molar-refractivity contribution in [2.45, 2.75) is 0 Å². The molecule has 0 aliphatic heterocycles. The van der Waals surface area contributed by atoms with Gasteiger partial charge in [0, 0.05) is 11.6 Å². The highest BCUT2D eigenvalue weighted by atomic mass is 19.1. The van der Waals surface area contributed by atoms with Gasteiger partial charge in [-0.3, -0.25) is 0 Å². The van der Waals surface area contributed by atoms with Crippen LogP contribution in [0.3, 0.4) is 0 Å². The van der Waals surface area contributed by atoms with Crippen LogP contribution in [0.15, 0.2) is 48.7 Å². The third-order valence-electron chi connectivity index (χ3n) is 3.00. The number of para-hydroxylation sites is 2. The summed E-state index contributed by atoms with van der Waals surface area (Å²) in [7, 11) is 1.54. The summed E-state index contributed by atoms with van der Waals surface area (Å²) in [6, 6.07) is 10.5. The lowest BCUT2D eigenvalue weighted by atomic mass is 10.1. The molecule has 0 aliphatic rings. The molecule has 0 fully saturated rings. The number of rotatable bonds is 3. The Bertz CT molecular complexity index is 786. The molecule has 21 heavy (non-hydrogen) atoms. The van der Waals surface area contributed by atoms with E-state index < -0.39 is 11.6 Å². The first-order chi connectivity index (χ1) is 10.2. The zero-order valence-electron chi connectivity index (χ0n) is 11.1. The molecule has 3 rings (SSSR count). The second-order valence-electron chi connectivity index (χ2n) is 4.32. The molecule has 1 heterocycles. The molecule has 4 nitrogen and oxygen atoms in total. The summed E-state index contributed by atoms with van der Waals surface area (Å²) < 4.78 is 31.9. The summed E-state index contributed by atoms with van der Waals surface area (Å²) in [6.07, 6.45) is 1.42. The second-order valence-corrected chi connectivity index (χ2v) is 4.32. The minimum absolute atomic E-state index is 0.192. The molecule has 0 aliphatic carbocycles. The van der Waals surface area contributed by atoms with Crippen molar-refractivity contribution in [1.29, 1.82) is 0 Å². The van der Waals surface area contributed by atoms with Crippen molar-refractivity contribution in [3.05, 3.63) is 60.3 Å². The molecule has 106 valence electrons. The SMILES string of the molecule is COc1ccccc1-n1ncc(-c2ccc(F)cc2F)n1. The van der Waals surface area contributed by atoms with E-state index in [4.69, 9.17) is 4.74 Å². The number of halogens is 2. The van der Waals surface area contributed by atoms with Gasteiger partial charge in [0.1, 0.15) is 28.8 Å². The van der Waals surface area contributed by atoms with Crippen molar-refractivity contribution >= 4 is 0 Å². The summed E-state index contributed by atoms with van der Waals surface area (Å²) in [5.41, 5.74) is 1.14. The lowest BCUT2D eigenvalue weighted by Crippen LogP contribution is -2.01. The smallest absolute Gasteiger partial charge is 0.146 e. The van der Waals surface area contributed by atoms with Gasteiger partial charge in [0.05, 0.1) is 13.3 Å². The molecule has 0 N–H and O–H groups in total. The van der Waals surface area contributed by atoms with Gasteiger partial charge in [-0.1, -0.05) is 12.1 Å². The molecule has 0 radical (unpaired) electrons. The van der Waals surface area contributed by atoms with Crippen molar-refractivity contribution in [2.75, 3.05) is 7.11 Å². The van der Waals surface area contributed by atoms with Crippen LogP contribution in [0.1, 0.15) is 0 Å². The fourth-order valence-electron chi connectivity index (χ4n) is 1.99. The average Bonchev–Trinajstić information content (AvgIpc) is 2.96. The Morgan fingerprint density at radius 1 is 1.10 bits per heavy atom. The van der Waals surface area contributed by atoms with E-state index in [-0.39, 0.29) is 5.56 Å². The van der Waals surface area contributed by atoms with Crippen molar-refractivity contribution in [3.63, 3.8) is 0 Å². The Hall–Kier alpha value is -2.76. The monoisotopic (exact) mass is 287 g/mol. The summed E-state index contributed by atoms with van der Waals surface area (Å²) in [5.74, 6) is -0.713. The van der Waals surface area contributed by atoms with Crippen molar-refractivity contribution in [1.82, 2.24) is 15.0 Å². The van der Waals surface area contributed by atoms with Crippen LogP contribution in [0.2, 0.25) is 0 Å². The number of aromatic nitrogens is 3. The maximum Gasteiger partial charge on any atom is 0.146 e. The molecule has 0 saturated heterocycles. The molecule has 6 heteroatoms. The van der Waals surface area contributed by atoms with Gasteiger partial charge < -0.3 is 4.74 Å². The molecule has 0 spiro atoms. The Balaban J connectivity index is 2.04. The lowest BCUT2D eigenvalue weighted by Gasteiger charge is -2.06. The first kappa shape index (κ1) is 13.2. The fraction of sp³-hybridized carbons (Fsp3) is 0.0667. The predicted molar refractivity (Wildman–Crippen MR) is 73.3 cm³/mol. The fourth-order valence-corrected chi connectivity index (χ4v) is 1.99. The molecule has 2 aromatic carbocycles. The Labute approximate surface area is 119 Å². The molecule has 3 aromatic rings. The van der Waals surface area contributed by atoms with Crippen molar-refractivity contribution in [2.24, 2.45) is 0 Å². The third-order valence-corrected chi connectivity index (χ3v) is 3.00. The molecule has 1 aromatic heterocycles. The quantitative estimate of drug-likeness (QED) is 0.742. The van der Waals surface area contributed by atoms with E-state index in [1.165, 1.54) is 23.1 Å². The molecule has 0 atom stereocenters. The molecular formula is C15H11F2N3O. The van der Waals surface area contributed by atoms with Gasteiger partial charge in [0.25, 0.3) is 0 Å². The van der Waals surface area contributed by atoms with Crippen LogP contribution in [-0.2, 0) is 0 Å². The zero-order chi connectivity index (χ0) is 14.8. The van der Waals surface area contributed by atoms with Gasteiger partial charge in [-0.25, -0.2) is 8.78 Å². The molecular weight excluding hydrogens is 276 g/mol. The van der Waals surface area contributed by atoms with Crippen LogP contribution < -0.4 is 4.74 Å². The summed E-state index contributed by atoms with van der Waals surface area (Å²) in [5, 5.41) is 8.31. The summed E-state index contributed by atoms with van der Waals surface area (Å²) >= 11 is 0. The van der Waals surface area contributed by atoms with Crippen LogP contribution in [0.4, 0.5) is 8.78 Å². The maximum absolute atomic E-state index is 13.8. The minimum Gasteiger partial charge on any atom is -0.494 e. The van der Waals surface area contributed by atoms with E-state index in [1.807, 2.05) is 12.1 Å². The lowest BCUT2D eigenvalue weighted by molar-refractivity contribution is 0.410. The Morgan fingerprint density at radius 2 is 1.90 bits per heavy atom. The normalized spacial score (nSPS) is 10.6. The highest BCUT2D eigenvalue weighted by Gasteiger charge is 2.12. The number of ether oxygens (including phenoxy) is 1. The number of hydrogen-bond acceptors (Lipinski definition) is 3. The van der Waals surface area contributed by atoms with E-state index in [9.17, 15) is 8.78 Å². The standard InChI is InChI=1S/C15H11F2N3O/c1-21-15-5-3-2-4-14(15)20-18-9-13(19-20)11-7-6-10(16)8-12(11)17/h2-9H,1H3. The van der Waals surface area contributed by atoms with Crippen LogP contribution in [0.25, 0.3) is 16.9 Å². The Kier molecular flexibility index (Phi) is 3.35. The van der Waals surface area contributed by atoms with Crippen molar-refractivity contribution in [3.8, 4) is 22.7 Å². The summed E-state index contributed by atoms with van der Waals surface area (Å²) in [6.45, 7) is 0. The van der Waals surface area contributed by atoms with E-state index in [0.717, 1.165) is 6.07 Å². The van der Waals surface area contributed by atoms with Gasteiger partial charge in [-0.15, -0.1) is 9.90 Å². The van der Waals surface area contributed by atoms with E-state index >= 15 is 0 Å². The molecule has 0 amide bonds. The van der Waals surface area contributed by atoms with E-state index in [2.05, 4.69) is 10.2 Å². The predicted octanol–water partition coefficient (Wildman–Crippen LogP) is 3.22. The second kappa shape index (κ2) is 5.32. The number of nitrogens with zero attached hydrogens (tertiary/aromatic N) is 3. The minimum atomic E-state index is -0.679. The number of benzene rings is 2. The summed E-state index contributed by atoms with van der Waals surface area (Å²) in [4.78, 5) is 1.34. The molecule has 0 bridgehead atoms. The number of hydrogen-bond donors (Lipinski definition) is 0. The van der Waals surface area contributed by atoms with Gasteiger partial charge >= 0.3 is 0 Å². The highest BCUT2D eigenvalue weighted by Crippen LogP contribution is 2.24. The highest BCUT2D eigenvalue weighted by molar-refractivity contribution is 5.59. The van der Waals surface area contributed by atoms with Gasteiger partial charge in [0.15, 0.2) is 0 Å². The largest absolute Gasteiger partial charge is 0.494 e.